The fourth-order valence-electron chi connectivity index (χ4n) is 0.709. The van der Waals surface area contributed by atoms with Crippen molar-refractivity contribution in [2.45, 2.75) is 6.92 Å². The van der Waals surface area contributed by atoms with Crippen LogP contribution >= 0.6 is 0 Å². The Morgan fingerprint density at radius 1 is 1.56 bits per heavy atom. The first kappa shape index (κ1) is 6.35. The average molecular weight is 129 g/mol. The van der Waals surface area contributed by atoms with Gasteiger partial charge in [0.2, 0.25) is 0 Å². The number of amides is 2. The van der Waals surface area contributed by atoms with Crippen LogP contribution in [0.4, 0.5) is 4.79 Å². The smallest absolute Gasteiger partial charge is 0.316 e. The van der Waals surface area contributed by atoms with E-state index < -0.39 is 0 Å². The molecule has 0 saturated carbocycles. The van der Waals surface area contributed by atoms with Crippen LogP contribution in [-0.2, 0) is 0 Å². The molecule has 0 aromatic heterocycles. The molecule has 0 spiro atoms. The zero-order valence-corrected chi connectivity index (χ0v) is 5.48. The molecule has 1 heterocycles. The van der Waals surface area contributed by atoms with Gasteiger partial charge < -0.3 is 10.6 Å². The maximum Gasteiger partial charge on any atom is 0.316 e. The molecule has 0 atom stereocenters. The average Bonchev–Trinajstić information content (AvgIpc) is 1.90. The van der Waals surface area contributed by atoms with Gasteiger partial charge in [0.05, 0.1) is 13.3 Å². The van der Waals surface area contributed by atoms with E-state index >= 15 is 0 Å². The predicted octanol–water partition coefficient (Wildman–Crippen LogP) is -0.464. The molecule has 0 unspecified atom stereocenters. The summed E-state index contributed by atoms with van der Waals surface area (Å²) in [6.07, 6.45) is 0. The van der Waals surface area contributed by atoms with Crippen LogP contribution in [0.3, 0.4) is 0 Å². The van der Waals surface area contributed by atoms with Gasteiger partial charge in [0.15, 0.2) is 0 Å². The molecule has 9 heavy (non-hydrogen) atoms. The largest absolute Gasteiger partial charge is 0.325 e. The highest BCUT2D eigenvalue weighted by Crippen LogP contribution is 1.85. The topological polar surface area (TPSA) is 44.4 Å². The lowest BCUT2D eigenvalue weighted by molar-refractivity contribution is 0.187. The molecule has 4 heteroatoms. The lowest BCUT2D eigenvalue weighted by Crippen LogP contribution is -2.53. The minimum Gasteiger partial charge on any atom is -0.325 e. The molecule has 52 valence electrons. The Bertz CT molecular complexity index is 105. The van der Waals surface area contributed by atoms with E-state index in [1.807, 2.05) is 0 Å². The van der Waals surface area contributed by atoms with Crippen molar-refractivity contribution in [2.75, 3.05) is 19.9 Å². The van der Waals surface area contributed by atoms with E-state index in [4.69, 9.17) is 0 Å². The summed E-state index contributed by atoms with van der Waals surface area (Å²) in [4.78, 5) is 12.6. The second-order valence-electron chi connectivity index (χ2n) is 1.99. The second kappa shape index (κ2) is 2.68. The molecule has 1 fully saturated rings. The first-order chi connectivity index (χ1) is 4.33. The van der Waals surface area contributed by atoms with Gasteiger partial charge in [-0.3, -0.25) is 4.90 Å². The number of hydrogen-bond donors (Lipinski definition) is 2. The molecule has 1 saturated heterocycles. The molecule has 1 rings (SSSR count). The third-order valence-corrected chi connectivity index (χ3v) is 1.37. The van der Waals surface area contributed by atoms with Crippen LogP contribution in [-0.4, -0.2) is 30.8 Å². The summed E-state index contributed by atoms with van der Waals surface area (Å²) in [5.74, 6) is 0. The summed E-state index contributed by atoms with van der Waals surface area (Å²) in [5.41, 5.74) is 0. The second-order valence-corrected chi connectivity index (χ2v) is 1.99. The van der Waals surface area contributed by atoms with Crippen LogP contribution < -0.4 is 10.6 Å². The highest BCUT2D eigenvalue weighted by atomic mass is 16.2. The summed E-state index contributed by atoms with van der Waals surface area (Å²) in [6, 6.07) is -0.0697. The minimum atomic E-state index is -0.0697. The Balaban J connectivity index is 2.26. The third kappa shape index (κ3) is 1.57. The van der Waals surface area contributed by atoms with Crippen molar-refractivity contribution in [1.29, 1.82) is 0 Å². The molecule has 0 aliphatic carbocycles. The summed E-state index contributed by atoms with van der Waals surface area (Å²) in [5, 5.41) is 5.32. The van der Waals surface area contributed by atoms with Crippen LogP contribution in [0.2, 0.25) is 0 Å². The molecule has 0 bridgehead atoms. The van der Waals surface area contributed by atoms with Crippen molar-refractivity contribution < 1.29 is 4.79 Å². The molecule has 4 nitrogen and oxygen atoms in total. The molecule has 0 radical (unpaired) electrons. The number of carbonyl (C=O) groups is 1. The van der Waals surface area contributed by atoms with Gasteiger partial charge in [-0.05, 0) is 6.54 Å². The number of rotatable bonds is 1. The Kier molecular flexibility index (Phi) is 1.89. The lowest BCUT2D eigenvalue weighted by atomic mass is 10.6. The van der Waals surface area contributed by atoms with Crippen LogP contribution in [0.15, 0.2) is 0 Å². The van der Waals surface area contributed by atoms with Gasteiger partial charge in [-0.2, -0.15) is 0 Å². The van der Waals surface area contributed by atoms with Crippen molar-refractivity contribution in [3.8, 4) is 0 Å². The predicted molar refractivity (Wildman–Crippen MR) is 33.8 cm³/mol. The van der Waals surface area contributed by atoms with Gasteiger partial charge in [-0.25, -0.2) is 4.79 Å². The summed E-state index contributed by atoms with van der Waals surface area (Å²) in [7, 11) is 0. The molecule has 2 amide bonds. The molecule has 1 aliphatic heterocycles. The van der Waals surface area contributed by atoms with Gasteiger partial charge in [-0.15, -0.1) is 0 Å². The van der Waals surface area contributed by atoms with E-state index in [2.05, 4.69) is 22.5 Å². The third-order valence-electron chi connectivity index (χ3n) is 1.37. The molecule has 0 aromatic carbocycles. The number of nitrogens with zero attached hydrogens (tertiary/aromatic N) is 1. The first-order valence-corrected chi connectivity index (χ1v) is 3.07. The van der Waals surface area contributed by atoms with Crippen molar-refractivity contribution in [1.82, 2.24) is 15.5 Å². The van der Waals surface area contributed by atoms with Gasteiger partial charge in [0.1, 0.15) is 0 Å². The summed E-state index contributed by atoms with van der Waals surface area (Å²) >= 11 is 0. The van der Waals surface area contributed by atoms with E-state index in [0.717, 1.165) is 6.54 Å². The van der Waals surface area contributed by atoms with E-state index in [-0.39, 0.29) is 6.03 Å². The maximum atomic E-state index is 10.5. The number of nitrogens with one attached hydrogen (secondary N) is 2. The highest BCUT2D eigenvalue weighted by Gasteiger charge is 2.10. The Labute approximate surface area is 54.2 Å². The van der Waals surface area contributed by atoms with Crippen LogP contribution in [0.25, 0.3) is 0 Å². The van der Waals surface area contributed by atoms with Gasteiger partial charge in [0.25, 0.3) is 0 Å². The van der Waals surface area contributed by atoms with Crippen LogP contribution in [0, 0.1) is 0 Å². The Hall–Kier alpha value is -0.770. The van der Waals surface area contributed by atoms with Crippen LogP contribution in [0.1, 0.15) is 6.92 Å². The zero-order chi connectivity index (χ0) is 6.69. The number of carbonyl (C=O) groups excluding carboxylic acids is 1. The fourth-order valence-corrected chi connectivity index (χ4v) is 0.709. The monoisotopic (exact) mass is 129 g/mol. The molecular formula is C5H11N3O. The molecular weight excluding hydrogens is 118 g/mol. The van der Waals surface area contributed by atoms with E-state index in [1.165, 1.54) is 0 Å². The van der Waals surface area contributed by atoms with Gasteiger partial charge in [-0.1, -0.05) is 6.92 Å². The fraction of sp³-hybridized carbons (Fsp3) is 0.800. The maximum absolute atomic E-state index is 10.5. The van der Waals surface area contributed by atoms with Crippen molar-refractivity contribution >= 4 is 6.03 Å². The summed E-state index contributed by atoms with van der Waals surface area (Å²) < 4.78 is 0. The Morgan fingerprint density at radius 2 is 2.11 bits per heavy atom. The lowest BCUT2D eigenvalue weighted by Gasteiger charge is -2.26. The first-order valence-electron chi connectivity index (χ1n) is 3.07. The highest BCUT2D eigenvalue weighted by molar-refractivity contribution is 5.74. The standard InChI is InChI=1S/C5H11N3O/c1-2-8-3-6-5(9)7-4-8/h2-4H2,1H3,(H2,6,7,9). The van der Waals surface area contributed by atoms with Gasteiger partial charge >= 0.3 is 6.03 Å². The van der Waals surface area contributed by atoms with Crippen molar-refractivity contribution in [3.63, 3.8) is 0 Å². The molecule has 2 N–H and O–H groups in total. The Morgan fingerprint density at radius 3 is 2.56 bits per heavy atom. The summed E-state index contributed by atoms with van der Waals surface area (Å²) in [6.45, 7) is 4.36. The van der Waals surface area contributed by atoms with Crippen molar-refractivity contribution in [3.05, 3.63) is 0 Å². The molecule has 1 aliphatic rings. The number of hydrogen-bond acceptors (Lipinski definition) is 2. The zero-order valence-electron chi connectivity index (χ0n) is 5.48. The normalized spacial score (nSPS) is 20.8. The van der Waals surface area contributed by atoms with E-state index in [1.54, 1.807) is 0 Å². The molecule has 0 aromatic rings. The van der Waals surface area contributed by atoms with Crippen LogP contribution in [0.5, 0.6) is 0 Å². The van der Waals surface area contributed by atoms with Gasteiger partial charge in [0, 0.05) is 0 Å². The quantitative estimate of drug-likeness (QED) is 0.503. The minimum absolute atomic E-state index is 0.0697. The van der Waals surface area contributed by atoms with E-state index in [0.29, 0.717) is 13.3 Å². The SMILES string of the molecule is CCN1CNC(=O)NC1. The van der Waals surface area contributed by atoms with Crippen molar-refractivity contribution in [2.24, 2.45) is 0 Å². The van der Waals surface area contributed by atoms with E-state index in [9.17, 15) is 4.79 Å². The number of urea groups is 1.